The number of hydrogen-bond donors (Lipinski definition) is 1. The van der Waals surface area contributed by atoms with E-state index < -0.39 is 6.10 Å². The van der Waals surface area contributed by atoms with Crippen molar-refractivity contribution in [3.63, 3.8) is 0 Å². The Bertz CT molecular complexity index is 245. The number of nitrogens with zero attached hydrogens (tertiary/aromatic N) is 2. The van der Waals surface area contributed by atoms with Crippen LogP contribution in [-0.2, 0) is 4.79 Å². The lowest BCUT2D eigenvalue weighted by Crippen LogP contribution is -2.48. The van der Waals surface area contributed by atoms with Gasteiger partial charge in [-0.1, -0.05) is 6.92 Å². The summed E-state index contributed by atoms with van der Waals surface area (Å²) < 4.78 is 0. The molecule has 2 heterocycles. The van der Waals surface area contributed by atoms with Crippen molar-refractivity contribution in [3.8, 4) is 0 Å². The van der Waals surface area contributed by atoms with Crippen LogP contribution in [0.25, 0.3) is 0 Å². The van der Waals surface area contributed by atoms with Gasteiger partial charge in [-0.15, -0.1) is 0 Å². The molecule has 2 saturated heterocycles. The molecule has 2 aliphatic heterocycles. The van der Waals surface area contributed by atoms with Gasteiger partial charge in [0.2, 0.25) is 5.91 Å². The average molecular weight is 212 g/mol. The van der Waals surface area contributed by atoms with E-state index in [0.29, 0.717) is 19.0 Å². The molecule has 0 spiro atoms. The number of likely N-dealkylation sites (tertiary alicyclic amines) is 2. The lowest BCUT2D eigenvalue weighted by molar-refractivity contribution is -0.130. The van der Waals surface area contributed by atoms with Crippen LogP contribution >= 0.6 is 0 Å². The Morgan fingerprint density at radius 3 is 2.87 bits per heavy atom. The topological polar surface area (TPSA) is 43.8 Å². The molecule has 2 atom stereocenters. The maximum absolute atomic E-state index is 11.6. The van der Waals surface area contributed by atoms with Crippen LogP contribution in [0.5, 0.6) is 0 Å². The zero-order valence-electron chi connectivity index (χ0n) is 9.35. The molecule has 1 amide bonds. The second-order valence-electron chi connectivity index (χ2n) is 4.59. The van der Waals surface area contributed by atoms with Gasteiger partial charge in [-0.25, -0.2) is 0 Å². The van der Waals surface area contributed by atoms with Gasteiger partial charge in [-0.3, -0.25) is 4.79 Å². The Morgan fingerprint density at radius 2 is 2.27 bits per heavy atom. The third-order valence-corrected chi connectivity index (χ3v) is 3.51. The fourth-order valence-corrected chi connectivity index (χ4v) is 2.64. The molecule has 0 aromatic heterocycles. The van der Waals surface area contributed by atoms with Crippen molar-refractivity contribution in [1.29, 1.82) is 0 Å². The summed E-state index contributed by atoms with van der Waals surface area (Å²) in [7, 11) is 0. The van der Waals surface area contributed by atoms with E-state index in [1.807, 2.05) is 4.90 Å². The molecule has 2 rings (SSSR count). The molecule has 2 unspecified atom stereocenters. The number of rotatable bonds is 2. The summed E-state index contributed by atoms with van der Waals surface area (Å²) >= 11 is 0. The van der Waals surface area contributed by atoms with E-state index in [1.165, 1.54) is 6.42 Å². The summed E-state index contributed by atoms with van der Waals surface area (Å²) in [4.78, 5) is 15.9. The molecule has 4 heteroatoms. The van der Waals surface area contributed by atoms with Crippen molar-refractivity contribution in [1.82, 2.24) is 9.80 Å². The van der Waals surface area contributed by atoms with E-state index in [2.05, 4.69) is 11.8 Å². The SMILES string of the molecule is CCN1CCCC(N2CC(O)CC2=O)C1. The van der Waals surface area contributed by atoms with Gasteiger partial charge in [-0.2, -0.15) is 0 Å². The van der Waals surface area contributed by atoms with Crippen molar-refractivity contribution in [2.75, 3.05) is 26.2 Å². The van der Waals surface area contributed by atoms with E-state index in [1.54, 1.807) is 0 Å². The Kier molecular flexibility index (Phi) is 3.26. The van der Waals surface area contributed by atoms with Crippen LogP contribution in [-0.4, -0.2) is 59.1 Å². The van der Waals surface area contributed by atoms with Gasteiger partial charge in [0.1, 0.15) is 0 Å². The number of likely N-dealkylation sites (N-methyl/N-ethyl adjacent to an activating group) is 1. The van der Waals surface area contributed by atoms with Crippen LogP contribution in [0.1, 0.15) is 26.2 Å². The number of aliphatic hydroxyl groups is 1. The first-order valence-corrected chi connectivity index (χ1v) is 5.90. The Labute approximate surface area is 90.9 Å². The van der Waals surface area contributed by atoms with Gasteiger partial charge in [0.15, 0.2) is 0 Å². The van der Waals surface area contributed by atoms with Gasteiger partial charge in [0.25, 0.3) is 0 Å². The molecule has 86 valence electrons. The Hall–Kier alpha value is -0.610. The molecule has 0 aromatic carbocycles. The van der Waals surface area contributed by atoms with Gasteiger partial charge < -0.3 is 14.9 Å². The molecule has 0 bridgehead atoms. The van der Waals surface area contributed by atoms with Crippen LogP contribution < -0.4 is 0 Å². The maximum Gasteiger partial charge on any atom is 0.225 e. The number of piperidine rings is 1. The third kappa shape index (κ3) is 2.32. The standard InChI is InChI=1S/C11H20N2O2/c1-2-12-5-3-4-9(7-12)13-8-10(14)6-11(13)15/h9-10,14H,2-8H2,1H3. The highest BCUT2D eigenvalue weighted by Crippen LogP contribution is 2.21. The number of carbonyl (C=O) groups excluding carboxylic acids is 1. The Morgan fingerprint density at radius 1 is 1.47 bits per heavy atom. The van der Waals surface area contributed by atoms with Crippen molar-refractivity contribution >= 4 is 5.91 Å². The summed E-state index contributed by atoms with van der Waals surface area (Å²) in [6.07, 6.45) is 2.14. The lowest BCUT2D eigenvalue weighted by atomic mass is 10.0. The number of amides is 1. The van der Waals surface area contributed by atoms with E-state index in [-0.39, 0.29) is 5.91 Å². The van der Waals surface area contributed by atoms with Gasteiger partial charge >= 0.3 is 0 Å². The summed E-state index contributed by atoms with van der Waals surface area (Å²) in [5, 5.41) is 9.45. The molecule has 0 aromatic rings. The first-order valence-electron chi connectivity index (χ1n) is 5.90. The average Bonchev–Trinajstić information content (AvgIpc) is 2.58. The predicted molar refractivity (Wildman–Crippen MR) is 57.5 cm³/mol. The summed E-state index contributed by atoms with van der Waals surface area (Å²) in [6, 6.07) is 0.336. The molecule has 4 nitrogen and oxygen atoms in total. The van der Waals surface area contributed by atoms with Crippen molar-refractivity contribution < 1.29 is 9.90 Å². The van der Waals surface area contributed by atoms with Crippen molar-refractivity contribution in [2.24, 2.45) is 0 Å². The largest absolute Gasteiger partial charge is 0.391 e. The number of hydrogen-bond acceptors (Lipinski definition) is 3. The smallest absolute Gasteiger partial charge is 0.225 e. The minimum Gasteiger partial charge on any atom is -0.391 e. The lowest BCUT2D eigenvalue weighted by Gasteiger charge is -2.37. The van der Waals surface area contributed by atoms with E-state index >= 15 is 0 Å². The van der Waals surface area contributed by atoms with Gasteiger partial charge in [0, 0.05) is 19.1 Å². The first-order chi connectivity index (χ1) is 7.20. The molecule has 15 heavy (non-hydrogen) atoms. The molecule has 0 saturated carbocycles. The van der Waals surface area contributed by atoms with Gasteiger partial charge in [-0.05, 0) is 25.9 Å². The number of carbonyl (C=O) groups is 1. The summed E-state index contributed by atoms with van der Waals surface area (Å²) in [6.45, 7) is 5.89. The minimum atomic E-state index is -0.436. The molecular formula is C11H20N2O2. The Balaban J connectivity index is 1.95. The summed E-state index contributed by atoms with van der Waals surface area (Å²) in [5.74, 6) is 0.130. The van der Waals surface area contributed by atoms with E-state index in [4.69, 9.17) is 0 Å². The number of β-amino-alcohol motifs (C(OH)–C–C–N with tert-alkyl or cyclic N) is 1. The zero-order chi connectivity index (χ0) is 10.8. The highest BCUT2D eigenvalue weighted by molar-refractivity contribution is 5.79. The molecule has 0 aliphatic carbocycles. The predicted octanol–water partition coefficient (Wildman–Crippen LogP) is 0.0639. The van der Waals surface area contributed by atoms with Crippen LogP contribution in [0, 0.1) is 0 Å². The van der Waals surface area contributed by atoms with Crippen LogP contribution in [0.2, 0.25) is 0 Å². The first kappa shape index (κ1) is 10.9. The molecule has 1 N–H and O–H groups in total. The van der Waals surface area contributed by atoms with Crippen molar-refractivity contribution in [3.05, 3.63) is 0 Å². The second kappa shape index (κ2) is 4.49. The van der Waals surface area contributed by atoms with Gasteiger partial charge in [0.05, 0.1) is 12.5 Å². The minimum absolute atomic E-state index is 0.130. The van der Waals surface area contributed by atoms with Crippen LogP contribution in [0.4, 0.5) is 0 Å². The van der Waals surface area contributed by atoms with Crippen molar-refractivity contribution in [2.45, 2.75) is 38.3 Å². The normalized spacial score (nSPS) is 33.7. The molecule has 2 aliphatic rings. The number of aliphatic hydroxyl groups excluding tert-OH is 1. The summed E-state index contributed by atoms with van der Waals surface area (Å²) in [5.41, 5.74) is 0. The third-order valence-electron chi connectivity index (χ3n) is 3.51. The quantitative estimate of drug-likeness (QED) is 0.704. The molecule has 0 radical (unpaired) electrons. The monoisotopic (exact) mass is 212 g/mol. The fraction of sp³-hybridized carbons (Fsp3) is 0.909. The van der Waals surface area contributed by atoms with E-state index in [9.17, 15) is 9.90 Å². The second-order valence-corrected chi connectivity index (χ2v) is 4.59. The zero-order valence-corrected chi connectivity index (χ0v) is 9.35. The highest BCUT2D eigenvalue weighted by atomic mass is 16.3. The van der Waals surface area contributed by atoms with Crippen LogP contribution in [0.3, 0.4) is 0 Å². The van der Waals surface area contributed by atoms with E-state index in [0.717, 1.165) is 26.1 Å². The van der Waals surface area contributed by atoms with Crippen LogP contribution in [0.15, 0.2) is 0 Å². The molecular weight excluding hydrogens is 192 g/mol. The fourth-order valence-electron chi connectivity index (χ4n) is 2.64. The maximum atomic E-state index is 11.6. The molecule has 2 fully saturated rings. The highest BCUT2D eigenvalue weighted by Gasteiger charge is 2.34.